The molecule has 2 rings (SSSR count). The van der Waals surface area contributed by atoms with E-state index in [1.807, 2.05) is 0 Å². The minimum Gasteiger partial charge on any atom is -0.477 e. The fraction of sp³-hybridized carbons (Fsp3) is 0. The summed E-state index contributed by atoms with van der Waals surface area (Å²) in [7, 11) is -4.64. The van der Waals surface area contributed by atoms with Gasteiger partial charge in [0.25, 0.3) is 15.7 Å². The molecule has 1 aromatic heterocycles. The molecule has 1 aromatic carbocycles. The number of hydrogen-bond donors (Lipinski definition) is 4. The Kier molecular flexibility index (Phi) is 3.12. The summed E-state index contributed by atoms with van der Waals surface area (Å²) in [5.74, 6) is -1.38. The number of carboxylic acid groups (broad SMARTS) is 1. The highest BCUT2D eigenvalue weighted by molar-refractivity contribution is 7.86. The number of nitrogen functional groups attached to an aromatic ring is 1. The van der Waals surface area contributed by atoms with Crippen molar-refractivity contribution in [3.63, 3.8) is 0 Å². The van der Waals surface area contributed by atoms with Crippen molar-refractivity contribution in [1.82, 2.24) is 9.78 Å². The maximum atomic E-state index is 11.7. The van der Waals surface area contributed by atoms with E-state index in [9.17, 15) is 18.0 Å². The third kappa shape index (κ3) is 2.41. The molecule has 20 heavy (non-hydrogen) atoms. The first-order valence-corrected chi connectivity index (χ1v) is 6.57. The molecule has 0 fully saturated rings. The van der Waals surface area contributed by atoms with Gasteiger partial charge >= 0.3 is 5.97 Å². The first-order valence-electron chi connectivity index (χ1n) is 5.13. The van der Waals surface area contributed by atoms with E-state index < -0.39 is 32.2 Å². The van der Waals surface area contributed by atoms with Gasteiger partial charge in [0.15, 0.2) is 0 Å². The topological polar surface area (TPSA) is 155 Å². The average Bonchev–Trinajstić information content (AvgIpc) is 2.70. The molecule has 0 bridgehead atoms. The molecule has 0 saturated heterocycles. The lowest BCUT2D eigenvalue weighted by Gasteiger charge is -2.08. The van der Waals surface area contributed by atoms with Crippen molar-refractivity contribution in [2.24, 2.45) is 0 Å². The van der Waals surface area contributed by atoms with E-state index in [2.05, 4.69) is 5.10 Å². The number of aromatic nitrogens is 2. The van der Waals surface area contributed by atoms with Gasteiger partial charge in [0, 0.05) is 11.8 Å². The van der Waals surface area contributed by atoms with Gasteiger partial charge in [-0.1, -0.05) is 0 Å². The number of nitrogens with one attached hydrogen (secondary N) is 1. The van der Waals surface area contributed by atoms with Gasteiger partial charge in [-0.3, -0.25) is 14.4 Å². The quantitative estimate of drug-likeness (QED) is 0.447. The second-order valence-electron chi connectivity index (χ2n) is 3.85. The van der Waals surface area contributed by atoms with Gasteiger partial charge in [-0.25, -0.2) is 9.48 Å². The van der Waals surface area contributed by atoms with E-state index in [1.165, 1.54) is 12.1 Å². The van der Waals surface area contributed by atoms with Crippen molar-refractivity contribution in [3.8, 4) is 5.69 Å². The number of hydrogen-bond acceptors (Lipinski definition) is 5. The molecule has 0 saturated carbocycles. The second-order valence-corrected chi connectivity index (χ2v) is 5.24. The van der Waals surface area contributed by atoms with Crippen LogP contribution in [-0.2, 0) is 10.1 Å². The zero-order valence-electron chi connectivity index (χ0n) is 9.77. The molecular weight excluding hydrogens is 290 g/mol. The molecule has 1 heterocycles. The van der Waals surface area contributed by atoms with Crippen LogP contribution >= 0.6 is 0 Å². The smallest absolute Gasteiger partial charge is 0.353 e. The fourth-order valence-corrected chi connectivity index (χ4v) is 2.32. The number of carbonyl (C=O) groups is 1. The molecule has 0 aliphatic rings. The van der Waals surface area contributed by atoms with Gasteiger partial charge < -0.3 is 10.8 Å². The van der Waals surface area contributed by atoms with Gasteiger partial charge in [0.05, 0.1) is 5.69 Å². The minimum atomic E-state index is -4.64. The number of anilines is 1. The number of aromatic amines is 1. The maximum Gasteiger partial charge on any atom is 0.353 e. The molecule has 0 amide bonds. The Hall–Kier alpha value is -2.59. The van der Waals surface area contributed by atoms with Crippen LogP contribution < -0.4 is 11.3 Å². The first-order chi connectivity index (χ1) is 9.20. The molecular formula is C10H9N3O6S. The summed E-state index contributed by atoms with van der Waals surface area (Å²) < 4.78 is 32.4. The SMILES string of the molecule is Nc1ccc(-n2[nH]c(C(=O)O)cc2=O)c(S(=O)(=O)O)c1. The lowest BCUT2D eigenvalue weighted by molar-refractivity contribution is 0.0690. The third-order valence-corrected chi connectivity index (χ3v) is 3.34. The molecule has 9 nitrogen and oxygen atoms in total. The van der Waals surface area contributed by atoms with E-state index in [0.717, 1.165) is 12.1 Å². The maximum absolute atomic E-state index is 11.7. The monoisotopic (exact) mass is 299 g/mol. The predicted molar refractivity (Wildman–Crippen MR) is 67.6 cm³/mol. The van der Waals surface area contributed by atoms with Gasteiger partial charge in [-0.2, -0.15) is 8.42 Å². The largest absolute Gasteiger partial charge is 0.477 e. The predicted octanol–water partition coefficient (Wildman–Crippen LogP) is -0.307. The van der Waals surface area contributed by atoms with E-state index in [0.29, 0.717) is 4.68 Å². The standard InChI is InChI=1S/C10H9N3O6S/c11-5-1-2-7(8(3-5)20(17,18)19)13-9(14)4-6(12-13)10(15)16/h1-4,12H,11H2,(H,15,16)(H,17,18,19). The van der Waals surface area contributed by atoms with Crippen LogP contribution in [0.15, 0.2) is 34.0 Å². The Balaban J connectivity index is 2.77. The van der Waals surface area contributed by atoms with E-state index in [4.69, 9.17) is 15.4 Å². The van der Waals surface area contributed by atoms with Crippen molar-refractivity contribution in [3.05, 3.63) is 40.3 Å². The fourth-order valence-electron chi connectivity index (χ4n) is 1.61. The molecule has 0 radical (unpaired) electrons. The van der Waals surface area contributed by atoms with Crippen LogP contribution in [0.3, 0.4) is 0 Å². The molecule has 106 valence electrons. The summed E-state index contributed by atoms with van der Waals surface area (Å²) in [6, 6.07) is 4.21. The van der Waals surface area contributed by atoms with Crippen molar-refractivity contribution in [2.75, 3.05) is 5.73 Å². The highest BCUT2D eigenvalue weighted by Crippen LogP contribution is 2.21. The van der Waals surface area contributed by atoms with Gasteiger partial charge in [-0.15, -0.1) is 0 Å². The number of aromatic carboxylic acids is 1. The second kappa shape index (κ2) is 4.51. The van der Waals surface area contributed by atoms with Crippen LogP contribution in [0.1, 0.15) is 10.5 Å². The summed E-state index contributed by atoms with van der Waals surface area (Å²) in [5, 5.41) is 11.0. The summed E-state index contributed by atoms with van der Waals surface area (Å²) >= 11 is 0. The molecule has 0 aliphatic heterocycles. The van der Waals surface area contributed by atoms with Crippen LogP contribution in [-0.4, -0.2) is 33.8 Å². The van der Waals surface area contributed by atoms with Crippen molar-refractivity contribution >= 4 is 21.8 Å². The van der Waals surface area contributed by atoms with Gasteiger partial charge in [0.1, 0.15) is 10.6 Å². The van der Waals surface area contributed by atoms with E-state index in [-0.39, 0.29) is 11.4 Å². The van der Waals surface area contributed by atoms with Crippen LogP contribution in [0.2, 0.25) is 0 Å². The van der Waals surface area contributed by atoms with Gasteiger partial charge in [0.2, 0.25) is 0 Å². The lowest BCUT2D eigenvalue weighted by Crippen LogP contribution is -2.17. The third-order valence-electron chi connectivity index (χ3n) is 2.45. The van der Waals surface area contributed by atoms with Gasteiger partial charge in [-0.05, 0) is 18.2 Å². The van der Waals surface area contributed by atoms with Crippen molar-refractivity contribution < 1.29 is 22.9 Å². The molecule has 0 spiro atoms. The number of carboxylic acids is 1. The van der Waals surface area contributed by atoms with Crippen LogP contribution in [0.5, 0.6) is 0 Å². The summed E-state index contributed by atoms with van der Waals surface area (Å²) in [6.07, 6.45) is 0. The lowest BCUT2D eigenvalue weighted by atomic mass is 10.3. The summed E-state index contributed by atoms with van der Waals surface area (Å²) in [4.78, 5) is 21.8. The Morgan fingerprint density at radius 2 is 1.95 bits per heavy atom. The van der Waals surface area contributed by atoms with Crippen molar-refractivity contribution in [2.45, 2.75) is 4.90 Å². The number of benzene rings is 1. The number of nitrogens with zero attached hydrogens (tertiary/aromatic N) is 1. The van der Waals surface area contributed by atoms with E-state index >= 15 is 0 Å². The Morgan fingerprint density at radius 1 is 1.30 bits per heavy atom. The number of nitrogens with two attached hydrogens (primary N) is 1. The molecule has 0 unspecified atom stereocenters. The molecule has 0 atom stereocenters. The molecule has 2 aromatic rings. The Labute approximate surface area is 112 Å². The zero-order chi connectivity index (χ0) is 15.1. The number of rotatable bonds is 3. The van der Waals surface area contributed by atoms with Crippen LogP contribution in [0.25, 0.3) is 5.69 Å². The average molecular weight is 299 g/mol. The molecule has 5 N–H and O–H groups in total. The normalized spacial score (nSPS) is 11.4. The van der Waals surface area contributed by atoms with Crippen LogP contribution in [0.4, 0.5) is 5.69 Å². The highest BCUT2D eigenvalue weighted by Gasteiger charge is 2.20. The number of H-pyrrole nitrogens is 1. The summed E-state index contributed by atoms with van der Waals surface area (Å²) in [5.41, 5.74) is 4.03. The molecule has 0 aliphatic carbocycles. The molecule has 10 heteroatoms. The first kappa shape index (κ1) is 13.8. The van der Waals surface area contributed by atoms with E-state index in [1.54, 1.807) is 0 Å². The van der Waals surface area contributed by atoms with Crippen LogP contribution in [0, 0.1) is 0 Å². The van der Waals surface area contributed by atoms with Crippen molar-refractivity contribution in [1.29, 1.82) is 0 Å². The Morgan fingerprint density at radius 3 is 2.45 bits per heavy atom. The minimum absolute atomic E-state index is 0.0550. The summed E-state index contributed by atoms with van der Waals surface area (Å²) in [6.45, 7) is 0. The zero-order valence-corrected chi connectivity index (χ0v) is 10.6. The Bertz CT molecular complexity index is 848. The highest BCUT2D eigenvalue weighted by atomic mass is 32.2.